The first-order valence-electron chi connectivity index (χ1n) is 9.51. The summed E-state index contributed by atoms with van der Waals surface area (Å²) >= 11 is 3.41. The summed E-state index contributed by atoms with van der Waals surface area (Å²) in [5, 5.41) is 0. The Balaban J connectivity index is 1.75. The number of hydrogen-bond donors (Lipinski definition) is 0. The fourth-order valence-corrected chi connectivity index (χ4v) is 5.36. The number of piperazine rings is 1. The quantitative estimate of drug-likeness (QED) is 0.655. The Kier molecular flexibility index (Phi) is 6.64. The van der Waals surface area contributed by atoms with Crippen LogP contribution in [0.15, 0.2) is 51.8 Å². The van der Waals surface area contributed by atoms with Gasteiger partial charge in [0.15, 0.2) is 0 Å². The maximum atomic E-state index is 12.9. The van der Waals surface area contributed by atoms with E-state index >= 15 is 0 Å². The van der Waals surface area contributed by atoms with E-state index in [1.165, 1.54) is 35.5 Å². The highest BCUT2D eigenvalue weighted by Gasteiger charge is 2.29. The molecule has 0 N–H and O–H groups in total. The number of carbonyl (C=O) groups is 2. The van der Waals surface area contributed by atoms with Gasteiger partial charge in [-0.1, -0.05) is 15.9 Å². The van der Waals surface area contributed by atoms with Gasteiger partial charge in [0, 0.05) is 55.9 Å². The van der Waals surface area contributed by atoms with Crippen LogP contribution in [-0.2, 0) is 14.8 Å². The van der Waals surface area contributed by atoms with E-state index in [2.05, 4.69) is 15.9 Å². The Morgan fingerprint density at radius 1 is 1.00 bits per heavy atom. The van der Waals surface area contributed by atoms with Gasteiger partial charge in [0.05, 0.1) is 4.90 Å². The number of nitrogens with zero attached hydrogens (tertiary/aromatic N) is 3. The number of aryl methyl sites for hydroxylation is 1. The van der Waals surface area contributed by atoms with E-state index in [0.29, 0.717) is 18.7 Å². The molecule has 0 bridgehead atoms. The van der Waals surface area contributed by atoms with Crippen LogP contribution in [0.3, 0.4) is 0 Å². The van der Waals surface area contributed by atoms with Crippen molar-refractivity contribution in [1.82, 2.24) is 9.21 Å². The molecule has 9 heteroatoms. The second kappa shape index (κ2) is 8.87. The third-order valence-corrected chi connectivity index (χ3v) is 7.65. The molecule has 0 unspecified atom stereocenters. The maximum absolute atomic E-state index is 12.9. The molecule has 30 heavy (non-hydrogen) atoms. The standard InChI is InChI=1S/C21H24BrN3O4S/c1-15-14-18(22)6-9-20(15)23(3)21(27)17-4-7-19(8-5-17)30(28,29)25-12-10-24(11-13-25)16(2)26/h4-9,14H,10-13H2,1-3H3. The Morgan fingerprint density at radius 3 is 2.13 bits per heavy atom. The number of benzene rings is 2. The van der Waals surface area contributed by atoms with Crippen molar-refractivity contribution in [3.05, 3.63) is 58.1 Å². The van der Waals surface area contributed by atoms with Crippen molar-refractivity contribution in [2.45, 2.75) is 18.7 Å². The van der Waals surface area contributed by atoms with Crippen molar-refractivity contribution in [3.63, 3.8) is 0 Å². The highest BCUT2D eigenvalue weighted by Crippen LogP contribution is 2.25. The molecule has 1 saturated heterocycles. The van der Waals surface area contributed by atoms with E-state index < -0.39 is 10.0 Å². The number of carbonyl (C=O) groups excluding carboxylic acids is 2. The SMILES string of the molecule is CC(=O)N1CCN(S(=O)(=O)c2ccc(C(=O)N(C)c3ccc(Br)cc3C)cc2)CC1. The van der Waals surface area contributed by atoms with Crippen molar-refractivity contribution >= 4 is 43.5 Å². The van der Waals surface area contributed by atoms with Crippen LogP contribution in [0.5, 0.6) is 0 Å². The molecule has 0 radical (unpaired) electrons. The summed E-state index contributed by atoms with van der Waals surface area (Å²) in [4.78, 5) is 27.6. The van der Waals surface area contributed by atoms with E-state index in [1.807, 2.05) is 25.1 Å². The van der Waals surface area contributed by atoms with Gasteiger partial charge in [0.1, 0.15) is 0 Å². The van der Waals surface area contributed by atoms with Crippen molar-refractivity contribution < 1.29 is 18.0 Å². The maximum Gasteiger partial charge on any atom is 0.258 e. The van der Waals surface area contributed by atoms with Crippen molar-refractivity contribution in [3.8, 4) is 0 Å². The third-order valence-electron chi connectivity index (χ3n) is 5.25. The molecular formula is C21H24BrN3O4S. The van der Waals surface area contributed by atoms with Crippen LogP contribution < -0.4 is 4.90 Å². The van der Waals surface area contributed by atoms with Gasteiger partial charge in [0.25, 0.3) is 5.91 Å². The highest BCUT2D eigenvalue weighted by atomic mass is 79.9. The normalized spacial score (nSPS) is 15.1. The molecule has 1 aliphatic rings. The van der Waals surface area contributed by atoms with E-state index in [9.17, 15) is 18.0 Å². The predicted octanol–water partition coefficient (Wildman–Crippen LogP) is 2.89. The second-order valence-corrected chi connectivity index (χ2v) is 10.1. The molecule has 0 saturated carbocycles. The van der Waals surface area contributed by atoms with Gasteiger partial charge >= 0.3 is 0 Å². The molecule has 2 amide bonds. The molecular weight excluding hydrogens is 470 g/mol. The summed E-state index contributed by atoms with van der Waals surface area (Å²) < 4.78 is 28.1. The number of sulfonamides is 1. The zero-order chi connectivity index (χ0) is 22.1. The summed E-state index contributed by atoms with van der Waals surface area (Å²) in [6.45, 7) is 4.67. The van der Waals surface area contributed by atoms with Gasteiger partial charge < -0.3 is 9.80 Å². The molecule has 7 nitrogen and oxygen atoms in total. The monoisotopic (exact) mass is 493 g/mol. The third kappa shape index (κ3) is 4.58. The summed E-state index contributed by atoms with van der Waals surface area (Å²) in [5.41, 5.74) is 2.13. The van der Waals surface area contributed by atoms with Gasteiger partial charge in [-0.15, -0.1) is 0 Å². The van der Waals surface area contributed by atoms with Crippen LogP contribution in [0.2, 0.25) is 0 Å². The molecule has 3 rings (SSSR count). The Morgan fingerprint density at radius 2 is 1.60 bits per heavy atom. The average molecular weight is 494 g/mol. The molecule has 0 aliphatic carbocycles. The first-order valence-corrected chi connectivity index (χ1v) is 11.7. The van der Waals surface area contributed by atoms with Crippen molar-refractivity contribution in [1.29, 1.82) is 0 Å². The lowest BCUT2D eigenvalue weighted by Crippen LogP contribution is -2.49. The van der Waals surface area contributed by atoms with Gasteiger partial charge in [-0.05, 0) is 55.0 Å². The van der Waals surface area contributed by atoms with E-state index in [0.717, 1.165) is 15.7 Å². The molecule has 2 aromatic rings. The Bertz CT molecular complexity index is 1060. The summed E-state index contributed by atoms with van der Waals surface area (Å²) in [5.74, 6) is -0.278. The molecule has 0 aromatic heterocycles. The van der Waals surface area contributed by atoms with Gasteiger partial charge in [-0.3, -0.25) is 9.59 Å². The number of anilines is 1. The first kappa shape index (κ1) is 22.5. The fraction of sp³-hybridized carbons (Fsp3) is 0.333. The van der Waals surface area contributed by atoms with Crippen LogP contribution >= 0.6 is 15.9 Å². The lowest BCUT2D eigenvalue weighted by molar-refractivity contribution is -0.129. The second-order valence-electron chi connectivity index (χ2n) is 7.23. The molecule has 0 spiro atoms. The lowest BCUT2D eigenvalue weighted by Gasteiger charge is -2.33. The largest absolute Gasteiger partial charge is 0.340 e. The average Bonchev–Trinajstić information content (AvgIpc) is 2.73. The van der Waals surface area contributed by atoms with Crippen molar-refractivity contribution in [2.24, 2.45) is 0 Å². The van der Waals surface area contributed by atoms with E-state index in [-0.39, 0.29) is 29.8 Å². The van der Waals surface area contributed by atoms with Crippen molar-refractivity contribution in [2.75, 3.05) is 38.1 Å². The molecule has 1 aliphatic heterocycles. The predicted molar refractivity (Wildman–Crippen MR) is 119 cm³/mol. The number of rotatable bonds is 4. The number of hydrogen-bond acceptors (Lipinski definition) is 4. The molecule has 1 heterocycles. The minimum atomic E-state index is -3.67. The first-order chi connectivity index (χ1) is 14.1. The van der Waals surface area contributed by atoms with Crippen LogP contribution in [0.1, 0.15) is 22.8 Å². The van der Waals surface area contributed by atoms with Crippen LogP contribution in [0.25, 0.3) is 0 Å². The zero-order valence-electron chi connectivity index (χ0n) is 17.1. The minimum absolute atomic E-state index is 0.0555. The topological polar surface area (TPSA) is 78.0 Å². The minimum Gasteiger partial charge on any atom is -0.340 e. The van der Waals surface area contributed by atoms with Gasteiger partial charge in [-0.2, -0.15) is 4.31 Å². The van der Waals surface area contributed by atoms with Gasteiger partial charge in [-0.25, -0.2) is 8.42 Å². The summed E-state index contributed by atoms with van der Waals surface area (Å²) in [6, 6.07) is 11.6. The number of halogens is 1. The molecule has 2 aromatic carbocycles. The van der Waals surface area contributed by atoms with Crippen LogP contribution in [0, 0.1) is 6.92 Å². The Hall–Kier alpha value is -2.23. The van der Waals surface area contributed by atoms with Crippen LogP contribution in [0.4, 0.5) is 5.69 Å². The van der Waals surface area contributed by atoms with Crippen LogP contribution in [-0.4, -0.2) is 62.7 Å². The highest BCUT2D eigenvalue weighted by molar-refractivity contribution is 9.10. The zero-order valence-corrected chi connectivity index (χ0v) is 19.5. The summed E-state index contributed by atoms with van der Waals surface area (Å²) in [7, 11) is -1.98. The summed E-state index contributed by atoms with van der Waals surface area (Å²) in [6.07, 6.45) is 0. The number of amides is 2. The van der Waals surface area contributed by atoms with Gasteiger partial charge in [0.2, 0.25) is 15.9 Å². The molecule has 160 valence electrons. The molecule has 1 fully saturated rings. The molecule has 0 atom stereocenters. The Labute approximate surface area is 185 Å². The fourth-order valence-electron chi connectivity index (χ4n) is 3.46. The smallest absolute Gasteiger partial charge is 0.258 e. The van der Waals surface area contributed by atoms with E-state index in [1.54, 1.807) is 16.8 Å². The van der Waals surface area contributed by atoms with E-state index in [4.69, 9.17) is 0 Å². The lowest BCUT2D eigenvalue weighted by atomic mass is 10.1.